The number of hydrogen-bond donors (Lipinski definition) is 0. The van der Waals surface area contributed by atoms with Crippen molar-refractivity contribution in [2.24, 2.45) is 0 Å². The molecule has 17 heavy (non-hydrogen) atoms. The molecular weight excluding hydrogens is 212 g/mol. The highest BCUT2D eigenvalue weighted by molar-refractivity contribution is 5.50. The van der Waals surface area contributed by atoms with Crippen molar-refractivity contribution in [3.8, 4) is 0 Å². The van der Waals surface area contributed by atoms with Crippen LogP contribution in [0.1, 0.15) is 38.1 Å². The molecule has 1 saturated heterocycles. The Bertz CT molecular complexity index is 547. The van der Waals surface area contributed by atoms with E-state index in [2.05, 4.69) is 48.5 Å². The average Bonchev–Trinajstić information content (AvgIpc) is 2.57. The number of hydrogen-bond acceptors (Lipinski definition) is 2. The smallest absolute Gasteiger partial charge is 0.121 e. The van der Waals surface area contributed by atoms with E-state index in [1.54, 1.807) is 0 Å². The highest BCUT2D eigenvalue weighted by atomic mass is 16.5. The van der Waals surface area contributed by atoms with E-state index in [0.29, 0.717) is 5.92 Å². The Balaban J connectivity index is 2.07. The third kappa shape index (κ3) is 1.75. The van der Waals surface area contributed by atoms with E-state index in [4.69, 9.17) is 4.74 Å². The molecular formula is C14H18N2O. The average molecular weight is 230 g/mol. The van der Waals surface area contributed by atoms with Gasteiger partial charge in [0.15, 0.2) is 0 Å². The lowest BCUT2D eigenvalue weighted by Crippen LogP contribution is -2.27. The van der Waals surface area contributed by atoms with Crippen LogP contribution in [0.3, 0.4) is 0 Å². The molecule has 3 heterocycles. The molecule has 0 saturated carbocycles. The van der Waals surface area contributed by atoms with E-state index in [-0.39, 0.29) is 5.41 Å². The van der Waals surface area contributed by atoms with Crippen molar-refractivity contribution in [3.63, 3.8) is 0 Å². The number of fused-ring (bicyclic) bond motifs is 1. The van der Waals surface area contributed by atoms with Crippen molar-refractivity contribution in [2.75, 3.05) is 13.2 Å². The van der Waals surface area contributed by atoms with E-state index < -0.39 is 0 Å². The molecule has 3 rings (SSSR count). The molecule has 2 aromatic heterocycles. The molecule has 0 radical (unpaired) electrons. The summed E-state index contributed by atoms with van der Waals surface area (Å²) in [6.45, 7) is 8.31. The minimum atomic E-state index is 0.186. The quantitative estimate of drug-likeness (QED) is 0.753. The Hall–Kier alpha value is -1.35. The monoisotopic (exact) mass is 230 g/mol. The summed E-state index contributed by atoms with van der Waals surface area (Å²) < 4.78 is 7.42. The van der Waals surface area contributed by atoms with Crippen molar-refractivity contribution in [3.05, 3.63) is 35.9 Å². The summed E-state index contributed by atoms with van der Waals surface area (Å²) in [7, 11) is 0. The van der Waals surface area contributed by atoms with Gasteiger partial charge in [0.2, 0.25) is 0 Å². The summed E-state index contributed by atoms with van der Waals surface area (Å²) in [6.07, 6.45) is 4.10. The molecule has 0 atom stereocenters. The van der Waals surface area contributed by atoms with Crippen LogP contribution in [0.15, 0.2) is 24.5 Å². The van der Waals surface area contributed by atoms with Gasteiger partial charge in [0.1, 0.15) is 5.82 Å². The van der Waals surface area contributed by atoms with Crippen LogP contribution in [0.25, 0.3) is 5.52 Å². The third-order valence-corrected chi connectivity index (χ3v) is 3.43. The van der Waals surface area contributed by atoms with Crippen LogP contribution in [0, 0.1) is 0 Å². The van der Waals surface area contributed by atoms with Gasteiger partial charge in [0, 0.05) is 6.20 Å². The first-order chi connectivity index (χ1) is 8.05. The van der Waals surface area contributed by atoms with E-state index in [0.717, 1.165) is 19.0 Å². The fraction of sp³-hybridized carbons (Fsp3) is 0.500. The van der Waals surface area contributed by atoms with E-state index in [1.165, 1.54) is 11.1 Å². The lowest BCUT2D eigenvalue weighted by Gasteiger charge is -2.25. The van der Waals surface area contributed by atoms with E-state index >= 15 is 0 Å². The number of rotatable bonds is 1. The van der Waals surface area contributed by atoms with Crippen molar-refractivity contribution in [2.45, 2.75) is 32.1 Å². The minimum absolute atomic E-state index is 0.186. The number of pyridine rings is 1. The fourth-order valence-corrected chi connectivity index (χ4v) is 2.17. The Kier molecular flexibility index (Phi) is 2.26. The van der Waals surface area contributed by atoms with Gasteiger partial charge in [-0.15, -0.1) is 0 Å². The Morgan fingerprint density at radius 2 is 2.12 bits per heavy atom. The van der Waals surface area contributed by atoms with Crippen LogP contribution in [0.2, 0.25) is 0 Å². The van der Waals surface area contributed by atoms with Crippen LogP contribution >= 0.6 is 0 Å². The summed E-state index contributed by atoms with van der Waals surface area (Å²) in [6, 6.07) is 4.42. The van der Waals surface area contributed by atoms with Gasteiger partial charge < -0.3 is 9.14 Å². The molecule has 2 aromatic rings. The van der Waals surface area contributed by atoms with Gasteiger partial charge in [0.25, 0.3) is 0 Å². The van der Waals surface area contributed by atoms with Crippen LogP contribution in [-0.4, -0.2) is 22.6 Å². The van der Waals surface area contributed by atoms with Gasteiger partial charge in [-0.1, -0.05) is 20.8 Å². The summed E-state index contributed by atoms with van der Waals surface area (Å²) in [5.74, 6) is 1.60. The highest BCUT2D eigenvalue weighted by Crippen LogP contribution is 2.27. The number of nitrogens with zero attached hydrogens (tertiary/aromatic N) is 2. The Morgan fingerprint density at radius 3 is 2.71 bits per heavy atom. The van der Waals surface area contributed by atoms with Crippen molar-refractivity contribution in [1.29, 1.82) is 0 Å². The van der Waals surface area contributed by atoms with Crippen LogP contribution in [0.4, 0.5) is 0 Å². The van der Waals surface area contributed by atoms with Gasteiger partial charge in [-0.2, -0.15) is 0 Å². The fourth-order valence-electron chi connectivity index (χ4n) is 2.17. The normalized spacial score (nSPS) is 17.4. The Labute approximate surface area is 101 Å². The van der Waals surface area contributed by atoms with E-state index in [9.17, 15) is 0 Å². The topological polar surface area (TPSA) is 26.5 Å². The first-order valence-electron chi connectivity index (χ1n) is 6.11. The molecule has 90 valence electrons. The molecule has 0 N–H and O–H groups in total. The second kappa shape index (κ2) is 3.57. The predicted octanol–water partition coefficient (Wildman–Crippen LogP) is 2.75. The SMILES string of the molecule is CC(C)(C)c1ccn2c(C3COC3)ncc2c1. The number of aromatic nitrogens is 2. The van der Waals surface area contributed by atoms with E-state index in [1.807, 2.05) is 6.20 Å². The maximum absolute atomic E-state index is 5.23. The van der Waals surface area contributed by atoms with Crippen LogP contribution in [-0.2, 0) is 10.2 Å². The predicted molar refractivity (Wildman–Crippen MR) is 67.5 cm³/mol. The molecule has 1 aliphatic rings. The zero-order valence-electron chi connectivity index (χ0n) is 10.6. The molecule has 0 amide bonds. The molecule has 3 heteroatoms. The molecule has 1 fully saturated rings. The van der Waals surface area contributed by atoms with Gasteiger partial charge in [-0.25, -0.2) is 4.98 Å². The summed E-state index contributed by atoms with van der Waals surface area (Å²) in [4.78, 5) is 4.52. The second-order valence-electron chi connectivity index (χ2n) is 5.81. The lowest BCUT2D eigenvalue weighted by atomic mass is 9.87. The molecule has 0 spiro atoms. The minimum Gasteiger partial charge on any atom is -0.380 e. The number of imidazole rings is 1. The second-order valence-corrected chi connectivity index (χ2v) is 5.81. The Morgan fingerprint density at radius 1 is 1.35 bits per heavy atom. The standard InChI is InChI=1S/C14H18N2O/c1-14(2,3)11-4-5-16-12(6-11)7-15-13(16)10-8-17-9-10/h4-7,10H,8-9H2,1-3H3. The summed E-state index contributed by atoms with van der Waals surface area (Å²) in [5.41, 5.74) is 2.71. The number of ether oxygens (including phenoxy) is 1. The molecule has 0 unspecified atom stereocenters. The third-order valence-electron chi connectivity index (χ3n) is 3.43. The summed E-state index contributed by atoms with van der Waals surface area (Å²) >= 11 is 0. The first kappa shape index (κ1) is 10.8. The molecule has 0 aliphatic carbocycles. The first-order valence-corrected chi connectivity index (χ1v) is 6.11. The van der Waals surface area contributed by atoms with Gasteiger partial charge in [-0.3, -0.25) is 0 Å². The van der Waals surface area contributed by atoms with Gasteiger partial charge in [0.05, 0.1) is 30.8 Å². The molecule has 0 bridgehead atoms. The van der Waals surface area contributed by atoms with Gasteiger partial charge >= 0.3 is 0 Å². The zero-order chi connectivity index (χ0) is 12.0. The molecule has 3 nitrogen and oxygen atoms in total. The van der Waals surface area contributed by atoms with Gasteiger partial charge in [-0.05, 0) is 23.1 Å². The maximum Gasteiger partial charge on any atom is 0.121 e. The highest BCUT2D eigenvalue weighted by Gasteiger charge is 2.25. The van der Waals surface area contributed by atoms with Crippen molar-refractivity contribution < 1.29 is 4.74 Å². The summed E-state index contributed by atoms with van der Waals surface area (Å²) in [5, 5.41) is 0. The maximum atomic E-state index is 5.23. The van der Waals surface area contributed by atoms with Crippen LogP contribution < -0.4 is 0 Å². The molecule has 1 aliphatic heterocycles. The van der Waals surface area contributed by atoms with Crippen LogP contribution in [0.5, 0.6) is 0 Å². The van der Waals surface area contributed by atoms with Crippen molar-refractivity contribution in [1.82, 2.24) is 9.38 Å². The lowest BCUT2D eigenvalue weighted by molar-refractivity contribution is 0.00465. The largest absolute Gasteiger partial charge is 0.380 e. The molecule has 0 aromatic carbocycles. The zero-order valence-corrected chi connectivity index (χ0v) is 10.6. The van der Waals surface area contributed by atoms with Crippen molar-refractivity contribution >= 4 is 5.52 Å².